The molecule has 86 valence electrons. The number of hydrogen-bond acceptors (Lipinski definition) is 4. The molecule has 1 aliphatic carbocycles. The van der Waals surface area contributed by atoms with E-state index in [4.69, 9.17) is 10.6 Å². The second-order valence-electron chi connectivity index (χ2n) is 5.57. The molecule has 0 radical (unpaired) electrons. The molecule has 0 aromatic heterocycles. The maximum Gasteiger partial charge on any atom is 0.0569 e. The monoisotopic (exact) mass is 211 g/mol. The molecule has 15 heavy (non-hydrogen) atoms. The van der Waals surface area contributed by atoms with Gasteiger partial charge in [-0.3, -0.25) is 16.2 Å². The summed E-state index contributed by atoms with van der Waals surface area (Å²) < 4.78 is 5.30. The van der Waals surface area contributed by atoms with Crippen molar-refractivity contribution in [1.82, 2.24) is 10.3 Å². The fourth-order valence-electron chi connectivity index (χ4n) is 3.25. The SMILES string of the molecule is NNC1CCC(N2CC3(COC3)C2)CC1. The molecule has 3 N–H and O–H groups in total. The van der Waals surface area contributed by atoms with E-state index in [1.165, 1.54) is 38.8 Å². The van der Waals surface area contributed by atoms with Crippen LogP contribution in [0.25, 0.3) is 0 Å². The van der Waals surface area contributed by atoms with Crippen molar-refractivity contribution in [3.63, 3.8) is 0 Å². The van der Waals surface area contributed by atoms with Crippen LogP contribution in [0.1, 0.15) is 25.7 Å². The molecule has 2 saturated heterocycles. The van der Waals surface area contributed by atoms with Crippen molar-refractivity contribution in [2.45, 2.75) is 37.8 Å². The molecule has 2 heterocycles. The van der Waals surface area contributed by atoms with Gasteiger partial charge in [0.15, 0.2) is 0 Å². The topological polar surface area (TPSA) is 50.5 Å². The van der Waals surface area contributed by atoms with Gasteiger partial charge in [-0.1, -0.05) is 0 Å². The lowest BCUT2D eigenvalue weighted by Gasteiger charge is -2.58. The Morgan fingerprint density at radius 2 is 1.80 bits per heavy atom. The van der Waals surface area contributed by atoms with Gasteiger partial charge in [0.05, 0.1) is 13.2 Å². The van der Waals surface area contributed by atoms with Crippen LogP contribution in [0.4, 0.5) is 0 Å². The number of nitrogens with zero attached hydrogens (tertiary/aromatic N) is 1. The molecule has 0 bridgehead atoms. The third-order valence-electron chi connectivity index (χ3n) is 4.34. The molecule has 0 aromatic carbocycles. The van der Waals surface area contributed by atoms with Crippen molar-refractivity contribution in [3.8, 4) is 0 Å². The summed E-state index contributed by atoms with van der Waals surface area (Å²) in [6.45, 7) is 4.56. The van der Waals surface area contributed by atoms with Gasteiger partial charge in [0.25, 0.3) is 0 Å². The second-order valence-corrected chi connectivity index (χ2v) is 5.57. The van der Waals surface area contributed by atoms with E-state index in [1.807, 2.05) is 0 Å². The number of likely N-dealkylation sites (tertiary alicyclic amines) is 1. The van der Waals surface area contributed by atoms with E-state index in [2.05, 4.69) is 10.3 Å². The highest BCUT2D eigenvalue weighted by atomic mass is 16.5. The fraction of sp³-hybridized carbons (Fsp3) is 1.00. The number of ether oxygens (including phenoxy) is 1. The van der Waals surface area contributed by atoms with Crippen LogP contribution < -0.4 is 11.3 Å². The minimum Gasteiger partial charge on any atom is -0.380 e. The highest BCUT2D eigenvalue weighted by molar-refractivity contribution is 5.02. The van der Waals surface area contributed by atoms with Gasteiger partial charge >= 0.3 is 0 Å². The van der Waals surface area contributed by atoms with Crippen LogP contribution >= 0.6 is 0 Å². The maximum absolute atomic E-state index is 5.46. The lowest BCUT2D eigenvalue weighted by atomic mass is 9.75. The number of hydrazine groups is 1. The Kier molecular flexibility index (Phi) is 2.47. The molecule has 4 nitrogen and oxygen atoms in total. The summed E-state index contributed by atoms with van der Waals surface area (Å²) in [5.74, 6) is 5.46. The van der Waals surface area contributed by atoms with Gasteiger partial charge in [0.2, 0.25) is 0 Å². The molecule has 4 heteroatoms. The van der Waals surface area contributed by atoms with Crippen molar-refractivity contribution in [2.75, 3.05) is 26.3 Å². The first-order valence-corrected chi connectivity index (χ1v) is 6.09. The minimum absolute atomic E-state index is 0.559. The highest BCUT2D eigenvalue weighted by Gasteiger charge is 2.50. The molecular formula is C11H21N3O. The molecular weight excluding hydrogens is 190 g/mol. The van der Waals surface area contributed by atoms with Crippen molar-refractivity contribution < 1.29 is 4.74 Å². The zero-order valence-corrected chi connectivity index (χ0v) is 9.24. The molecule has 3 aliphatic rings. The van der Waals surface area contributed by atoms with E-state index in [1.54, 1.807) is 0 Å². The lowest BCUT2D eigenvalue weighted by molar-refractivity contribution is -0.200. The summed E-state index contributed by atoms with van der Waals surface area (Å²) in [4.78, 5) is 2.65. The average molecular weight is 211 g/mol. The van der Waals surface area contributed by atoms with Crippen LogP contribution in [-0.2, 0) is 4.74 Å². The predicted molar refractivity (Wildman–Crippen MR) is 58.2 cm³/mol. The van der Waals surface area contributed by atoms with Crippen molar-refractivity contribution in [2.24, 2.45) is 11.3 Å². The van der Waals surface area contributed by atoms with Gasteiger partial charge in [0.1, 0.15) is 0 Å². The molecule has 1 saturated carbocycles. The first kappa shape index (κ1) is 10.0. The van der Waals surface area contributed by atoms with Crippen molar-refractivity contribution in [3.05, 3.63) is 0 Å². The number of rotatable bonds is 2. The van der Waals surface area contributed by atoms with Gasteiger partial charge in [-0.05, 0) is 25.7 Å². The summed E-state index contributed by atoms with van der Waals surface area (Å²) in [7, 11) is 0. The molecule has 0 unspecified atom stereocenters. The standard InChI is InChI=1S/C11H21N3O/c12-13-9-1-3-10(4-2-9)14-5-11(6-14)7-15-8-11/h9-10,13H,1-8,12H2. The van der Waals surface area contributed by atoms with Crippen LogP contribution in [0.2, 0.25) is 0 Å². The van der Waals surface area contributed by atoms with Crippen LogP contribution in [0.15, 0.2) is 0 Å². The number of nitrogens with one attached hydrogen (secondary N) is 1. The Morgan fingerprint density at radius 3 is 2.27 bits per heavy atom. The Morgan fingerprint density at radius 1 is 1.13 bits per heavy atom. The summed E-state index contributed by atoms with van der Waals surface area (Å²) in [5, 5.41) is 0. The summed E-state index contributed by atoms with van der Waals surface area (Å²) in [5.41, 5.74) is 3.47. The zero-order chi connectivity index (χ0) is 10.3. The molecule has 1 spiro atoms. The first-order chi connectivity index (χ1) is 7.31. The second kappa shape index (κ2) is 3.70. The normalized spacial score (nSPS) is 39.8. The minimum atomic E-state index is 0.559. The van der Waals surface area contributed by atoms with Crippen LogP contribution in [0.5, 0.6) is 0 Å². The Hall–Kier alpha value is -0.160. The summed E-state index contributed by atoms with van der Waals surface area (Å²) in [6, 6.07) is 1.38. The Bertz CT molecular complexity index is 226. The van der Waals surface area contributed by atoms with Gasteiger partial charge in [-0.2, -0.15) is 0 Å². The van der Waals surface area contributed by atoms with E-state index < -0.39 is 0 Å². The van der Waals surface area contributed by atoms with E-state index in [9.17, 15) is 0 Å². The van der Waals surface area contributed by atoms with E-state index in [0.29, 0.717) is 11.5 Å². The quantitative estimate of drug-likeness (QED) is 0.502. The Balaban J connectivity index is 1.45. The third kappa shape index (κ3) is 1.69. The number of hydrogen-bond donors (Lipinski definition) is 2. The smallest absolute Gasteiger partial charge is 0.0569 e. The Labute approximate surface area is 91.1 Å². The van der Waals surface area contributed by atoms with Crippen LogP contribution in [0.3, 0.4) is 0 Å². The fourth-order valence-corrected chi connectivity index (χ4v) is 3.25. The summed E-state index contributed by atoms with van der Waals surface area (Å²) >= 11 is 0. The van der Waals surface area contributed by atoms with Gasteiger partial charge in [0, 0.05) is 30.6 Å². The summed E-state index contributed by atoms with van der Waals surface area (Å²) in [6.07, 6.45) is 5.10. The van der Waals surface area contributed by atoms with Crippen molar-refractivity contribution >= 4 is 0 Å². The lowest BCUT2D eigenvalue weighted by Crippen LogP contribution is -2.68. The van der Waals surface area contributed by atoms with Crippen LogP contribution in [-0.4, -0.2) is 43.3 Å². The van der Waals surface area contributed by atoms with Crippen LogP contribution in [0, 0.1) is 5.41 Å². The highest BCUT2D eigenvalue weighted by Crippen LogP contribution is 2.40. The molecule has 2 aliphatic heterocycles. The molecule has 0 amide bonds. The van der Waals surface area contributed by atoms with E-state index in [-0.39, 0.29) is 0 Å². The maximum atomic E-state index is 5.46. The molecule has 0 atom stereocenters. The van der Waals surface area contributed by atoms with Gasteiger partial charge in [-0.15, -0.1) is 0 Å². The van der Waals surface area contributed by atoms with E-state index >= 15 is 0 Å². The third-order valence-corrected chi connectivity index (χ3v) is 4.34. The largest absolute Gasteiger partial charge is 0.380 e. The van der Waals surface area contributed by atoms with E-state index in [0.717, 1.165) is 19.3 Å². The molecule has 3 fully saturated rings. The molecule has 0 aromatic rings. The first-order valence-electron chi connectivity index (χ1n) is 6.09. The average Bonchev–Trinajstić information content (AvgIpc) is 2.14. The molecule has 3 rings (SSSR count). The van der Waals surface area contributed by atoms with Gasteiger partial charge < -0.3 is 4.74 Å². The number of nitrogens with two attached hydrogens (primary N) is 1. The van der Waals surface area contributed by atoms with Gasteiger partial charge in [-0.25, -0.2) is 0 Å². The predicted octanol–water partition coefficient (Wildman–Crippen LogP) is 0.0931. The zero-order valence-electron chi connectivity index (χ0n) is 9.24. The van der Waals surface area contributed by atoms with Crippen molar-refractivity contribution in [1.29, 1.82) is 0 Å².